The Morgan fingerprint density at radius 3 is 2.88 bits per heavy atom. The number of phenolic OH excluding ortho intramolecular Hbond substituents is 1. The van der Waals surface area contributed by atoms with E-state index in [-0.39, 0.29) is 5.75 Å². The highest BCUT2D eigenvalue weighted by Gasteiger charge is 2.27. The van der Waals surface area contributed by atoms with Crippen molar-refractivity contribution in [2.75, 3.05) is 13.7 Å². The van der Waals surface area contributed by atoms with Crippen LogP contribution in [0.15, 0.2) is 18.2 Å². The predicted molar refractivity (Wildman–Crippen MR) is 68.3 cm³/mol. The first kappa shape index (κ1) is 12.2. The minimum Gasteiger partial charge on any atom is -0.504 e. The lowest BCUT2D eigenvalue weighted by Gasteiger charge is -2.12. The van der Waals surface area contributed by atoms with Crippen LogP contribution in [0.25, 0.3) is 0 Å². The van der Waals surface area contributed by atoms with Crippen LogP contribution in [-0.2, 0) is 6.54 Å². The second-order valence-electron chi connectivity index (χ2n) is 4.95. The van der Waals surface area contributed by atoms with Gasteiger partial charge >= 0.3 is 0 Å². The lowest BCUT2D eigenvalue weighted by molar-refractivity contribution is 0.372. The molecule has 3 nitrogen and oxygen atoms in total. The molecular weight excluding hydrogens is 214 g/mol. The number of rotatable bonds is 6. The SMILES string of the molecule is COc1cc(CNCC(C)C2CC2)ccc1O. The molecule has 1 unspecified atom stereocenters. The number of hydrogen-bond donors (Lipinski definition) is 2. The summed E-state index contributed by atoms with van der Waals surface area (Å²) < 4.78 is 5.08. The van der Waals surface area contributed by atoms with Crippen molar-refractivity contribution in [1.29, 1.82) is 0 Å². The van der Waals surface area contributed by atoms with Crippen LogP contribution in [-0.4, -0.2) is 18.8 Å². The van der Waals surface area contributed by atoms with Crippen molar-refractivity contribution in [3.63, 3.8) is 0 Å². The van der Waals surface area contributed by atoms with E-state index in [4.69, 9.17) is 4.74 Å². The summed E-state index contributed by atoms with van der Waals surface area (Å²) in [6.07, 6.45) is 2.80. The summed E-state index contributed by atoms with van der Waals surface area (Å²) in [6, 6.07) is 5.48. The Morgan fingerprint density at radius 2 is 2.24 bits per heavy atom. The Hall–Kier alpha value is -1.22. The summed E-state index contributed by atoms with van der Waals surface area (Å²) >= 11 is 0. The van der Waals surface area contributed by atoms with Crippen molar-refractivity contribution in [3.8, 4) is 11.5 Å². The van der Waals surface area contributed by atoms with E-state index in [9.17, 15) is 5.11 Å². The van der Waals surface area contributed by atoms with E-state index in [0.29, 0.717) is 5.75 Å². The standard InChI is InChI=1S/C14H21NO2/c1-10(12-4-5-12)8-15-9-11-3-6-13(16)14(7-11)17-2/h3,6-7,10,12,15-16H,4-5,8-9H2,1-2H3. The first-order valence-corrected chi connectivity index (χ1v) is 6.27. The summed E-state index contributed by atoms with van der Waals surface area (Å²) in [5.74, 6) is 2.45. The Balaban J connectivity index is 1.81. The molecule has 1 aromatic carbocycles. The third-order valence-electron chi connectivity index (χ3n) is 3.47. The molecule has 0 heterocycles. The van der Waals surface area contributed by atoms with Gasteiger partial charge in [-0.3, -0.25) is 0 Å². The Labute approximate surface area is 103 Å². The second-order valence-corrected chi connectivity index (χ2v) is 4.95. The van der Waals surface area contributed by atoms with Crippen molar-refractivity contribution in [2.45, 2.75) is 26.3 Å². The van der Waals surface area contributed by atoms with Gasteiger partial charge in [-0.15, -0.1) is 0 Å². The molecule has 0 radical (unpaired) electrons. The van der Waals surface area contributed by atoms with Gasteiger partial charge in [0.25, 0.3) is 0 Å². The molecule has 0 amide bonds. The molecule has 17 heavy (non-hydrogen) atoms. The first-order valence-electron chi connectivity index (χ1n) is 6.27. The Morgan fingerprint density at radius 1 is 1.47 bits per heavy atom. The zero-order chi connectivity index (χ0) is 12.3. The monoisotopic (exact) mass is 235 g/mol. The van der Waals surface area contributed by atoms with Crippen molar-refractivity contribution < 1.29 is 9.84 Å². The van der Waals surface area contributed by atoms with Crippen molar-refractivity contribution in [3.05, 3.63) is 23.8 Å². The number of nitrogens with one attached hydrogen (secondary N) is 1. The molecule has 3 heteroatoms. The van der Waals surface area contributed by atoms with E-state index in [2.05, 4.69) is 12.2 Å². The quantitative estimate of drug-likeness (QED) is 0.796. The van der Waals surface area contributed by atoms with Crippen molar-refractivity contribution >= 4 is 0 Å². The second kappa shape index (κ2) is 5.41. The normalized spacial score (nSPS) is 16.8. The number of benzene rings is 1. The number of methoxy groups -OCH3 is 1. The number of aromatic hydroxyl groups is 1. The summed E-state index contributed by atoms with van der Waals surface area (Å²) in [7, 11) is 1.57. The molecular formula is C14H21NO2. The molecule has 94 valence electrons. The van der Waals surface area contributed by atoms with Crippen LogP contribution in [0.2, 0.25) is 0 Å². The molecule has 0 aliphatic heterocycles. The summed E-state index contributed by atoms with van der Waals surface area (Å²) in [6.45, 7) is 4.20. The van der Waals surface area contributed by atoms with E-state index < -0.39 is 0 Å². The van der Waals surface area contributed by atoms with E-state index >= 15 is 0 Å². The molecule has 0 aromatic heterocycles. The molecule has 1 aliphatic rings. The molecule has 0 spiro atoms. The van der Waals surface area contributed by atoms with Crippen LogP contribution < -0.4 is 10.1 Å². The number of hydrogen-bond acceptors (Lipinski definition) is 3. The highest BCUT2D eigenvalue weighted by molar-refractivity contribution is 5.41. The third-order valence-corrected chi connectivity index (χ3v) is 3.47. The maximum atomic E-state index is 9.48. The van der Waals surface area contributed by atoms with Gasteiger partial charge in [0.05, 0.1) is 7.11 Å². The largest absolute Gasteiger partial charge is 0.504 e. The van der Waals surface area contributed by atoms with Crippen LogP contribution in [0.4, 0.5) is 0 Å². The molecule has 2 rings (SSSR count). The van der Waals surface area contributed by atoms with Gasteiger partial charge in [-0.05, 0) is 48.9 Å². The van der Waals surface area contributed by atoms with Gasteiger partial charge in [0.15, 0.2) is 11.5 Å². The Bertz CT molecular complexity index is 374. The fourth-order valence-electron chi connectivity index (χ4n) is 2.11. The summed E-state index contributed by atoms with van der Waals surface area (Å²) in [4.78, 5) is 0. The van der Waals surface area contributed by atoms with Gasteiger partial charge in [0.2, 0.25) is 0 Å². The van der Waals surface area contributed by atoms with Crippen LogP contribution in [0.1, 0.15) is 25.3 Å². The third kappa shape index (κ3) is 3.37. The van der Waals surface area contributed by atoms with Gasteiger partial charge in [0.1, 0.15) is 0 Å². The Kier molecular flexibility index (Phi) is 3.89. The molecule has 1 fully saturated rings. The van der Waals surface area contributed by atoms with Gasteiger partial charge < -0.3 is 15.2 Å². The highest BCUT2D eigenvalue weighted by Crippen LogP contribution is 2.36. The van der Waals surface area contributed by atoms with E-state index in [1.165, 1.54) is 12.8 Å². The lowest BCUT2D eigenvalue weighted by atomic mass is 10.1. The fraction of sp³-hybridized carbons (Fsp3) is 0.571. The molecule has 2 N–H and O–H groups in total. The molecule has 1 aromatic rings. The van der Waals surface area contributed by atoms with E-state index in [0.717, 1.165) is 30.5 Å². The minimum absolute atomic E-state index is 0.197. The number of phenols is 1. The van der Waals surface area contributed by atoms with E-state index in [1.807, 2.05) is 12.1 Å². The average molecular weight is 235 g/mol. The van der Waals surface area contributed by atoms with Crippen LogP contribution >= 0.6 is 0 Å². The van der Waals surface area contributed by atoms with Crippen LogP contribution in [0, 0.1) is 11.8 Å². The van der Waals surface area contributed by atoms with Gasteiger partial charge in [-0.25, -0.2) is 0 Å². The maximum absolute atomic E-state index is 9.48. The minimum atomic E-state index is 0.197. The maximum Gasteiger partial charge on any atom is 0.160 e. The topological polar surface area (TPSA) is 41.5 Å². The van der Waals surface area contributed by atoms with Crippen LogP contribution in [0.3, 0.4) is 0 Å². The highest BCUT2D eigenvalue weighted by atomic mass is 16.5. The van der Waals surface area contributed by atoms with Gasteiger partial charge in [-0.1, -0.05) is 13.0 Å². The van der Waals surface area contributed by atoms with Gasteiger partial charge in [0, 0.05) is 6.54 Å². The molecule has 0 bridgehead atoms. The lowest BCUT2D eigenvalue weighted by Crippen LogP contribution is -2.21. The summed E-state index contributed by atoms with van der Waals surface area (Å²) in [5, 5.41) is 12.9. The van der Waals surface area contributed by atoms with Crippen molar-refractivity contribution in [1.82, 2.24) is 5.32 Å². The first-order chi connectivity index (χ1) is 8.20. The smallest absolute Gasteiger partial charge is 0.160 e. The molecule has 0 saturated heterocycles. The number of ether oxygens (including phenoxy) is 1. The molecule has 1 saturated carbocycles. The zero-order valence-corrected chi connectivity index (χ0v) is 10.6. The zero-order valence-electron chi connectivity index (χ0n) is 10.6. The average Bonchev–Trinajstić information content (AvgIpc) is 3.15. The van der Waals surface area contributed by atoms with Crippen LogP contribution in [0.5, 0.6) is 11.5 Å². The molecule has 1 aliphatic carbocycles. The van der Waals surface area contributed by atoms with Crippen molar-refractivity contribution in [2.24, 2.45) is 11.8 Å². The molecule has 1 atom stereocenters. The summed E-state index contributed by atoms with van der Waals surface area (Å²) in [5.41, 5.74) is 1.14. The van der Waals surface area contributed by atoms with E-state index in [1.54, 1.807) is 13.2 Å². The predicted octanol–water partition coefficient (Wildman–Crippen LogP) is 2.54. The van der Waals surface area contributed by atoms with Gasteiger partial charge in [-0.2, -0.15) is 0 Å². The fourth-order valence-corrected chi connectivity index (χ4v) is 2.11.